The topological polar surface area (TPSA) is 200 Å². The molecule has 5 N–H and O–H groups in total. The average Bonchev–Trinajstić information content (AvgIpc) is 4.22. The van der Waals surface area contributed by atoms with Crippen molar-refractivity contribution in [2.24, 2.45) is 5.92 Å². The summed E-state index contributed by atoms with van der Waals surface area (Å²) in [4.78, 5) is 67.3. The Morgan fingerprint density at radius 2 is 1.57 bits per heavy atom. The van der Waals surface area contributed by atoms with Gasteiger partial charge in [0.2, 0.25) is 12.3 Å². The summed E-state index contributed by atoms with van der Waals surface area (Å²) in [5.74, 6) is 1.19. The molecule has 3 saturated heterocycles. The lowest BCUT2D eigenvalue weighted by molar-refractivity contribution is -0.145. The van der Waals surface area contributed by atoms with Crippen molar-refractivity contribution in [3.63, 3.8) is 0 Å². The van der Waals surface area contributed by atoms with E-state index in [9.17, 15) is 19.5 Å². The minimum absolute atomic E-state index is 0.0499. The van der Waals surface area contributed by atoms with E-state index >= 15 is 0 Å². The summed E-state index contributed by atoms with van der Waals surface area (Å²) in [7, 11) is 1.40. The Balaban J connectivity index is 0.837. The van der Waals surface area contributed by atoms with Crippen LogP contribution in [-0.4, -0.2) is 110 Å². The number of methoxy groups -OCH3 is 1. The van der Waals surface area contributed by atoms with Crippen molar-refractivity contribution in [3.05, 3.63) is 114 Å². The zero-order valence-corrected chi connectivity index (χ0v) is 39.4. The predicted molar refractivity (Wildman–Crippen MR) is 259 cm³/mol. The number of aliphatic hydroxyl groups excluding tert-OH is 1. The third kappa shape index (κ3) is 9.76. The number of aromatic amines is 2. The maximum atomic E-state index is 14.3. The summed E-state index contributed by atoms with van der Waals surface area (Å²) >= 11 is 0. The number of fused-ring (bicyclic) bond motifs is 4. The second-order valence-electron chi connectivity index (χ2n) is 19.0. The molecule has 16 nitrogen and oxygen atoms in total. The number of pyridine rings is 1. The molecule has 4 aliphatic rings. The number of aliphatic hydroxyl groups is 1. The average molecular weight is 936 g/mol. The van der Waals surface area contributed by atoms with Gasteiger partial charge in [-0.3, -0.25) is 14.9 Å². The van der Waals surface area contributed by atoms with Gasteiger partial charge >= 0.3 is 6.09 Å². The molecule has 69 heavy (non-hydrogen) atoms. The van der Waals surface area contributed by atoms with E-state index in [2.05, 4.69) is 57.0 Å². The lowest BCUT2D eigenvalue weighted by Gasteiger charge is -2.31. The summed E-state index contributed by atoms with van der Waals surface area (Å²) in [5.41, 5.74) is 9.63. The number of imidazole rings is 2. The van der Waals surface area contributed by atoms with E-state index in [-0.39, 0.29) is 35.9 Å². The van der Waals surface area contributed by atoms with Crippen molar-refractivity contribution in [1.29, 1.82) is 0 Å². The van der Waals surface area contributed by atoms with Gasteiger partial charge in [-0.15, -0.1) is 0 Å². The molecule has 5 atom stereocenters. The molecule has 0 saturated carbocycles. The van der Waals surface area contributed by atoms with Gasteiger partial charge in [-0.2, -0.15) is 0 Å². The molecule has 3 aromatic heterocycles. The first-order valence-electron chi connectivity index (χ1n) is 24.5. The fourth-order valence-electron chi connectivity index (χ4n) is 10.5. The molecule has 3 aliphatic heterocycles. The molecule has 3 amide bonds. The molecule has 0 radical (unpaired) electrons. The lowest BCUT2D eigenvalue weighted by Crippen LogP contribution is -2.52. The molecule has 3 aromatic carbocycles. The maximum Gasteiger partial charge on any atom is 0.408 e. The Morgan fingerprint density at radius 1 is 0.812 bits per heavy atom. The third-order valence-electron chi connectivity index (χ3n) is 14.2. The van der Waals surface area contributed by atoms with Gasteiger partial charge in [0, 0.05) is 60.8 Å². The fraction of sp³-hybridized carbons (Fsp3) is 0.434. The third-order valence-corrected chi connectivity index (χ3v) is 14.2. The Bertz CT molecular complexity index is 2800. The van der Waals surface area contributed by atoms with Crippen molar-refractivity contribution in [3.8, 4) is 33.8 Å². The number of amides is 3. The van der Waals surface area contributed by atoms with Gasteiger partial charge in [-0.1, -0.05) is 68.4 Å². The Morgan fingerprint density at radius 3 is 2.33 bits per heavy atom. The predicted octanol–water partition coefficient (Wildman–Crippen LogP) is 7.68. The van der Waals surface area contributed by atoms with Gasteiger partial charge in [0.1, 0.15) is 23.8 Å². The zero-order valence-electron chi connectivity index (χ0n) is 39.4. The maximum absolute atomic E-state index is 14.3. The van der Waals surface area contributed by atoms with E-state index in [4.69, 9.17) is 29.2 Å². The number of ether oxygens (including phenoxy) is 3. The first-order valence-corrected chi connectivity index (χ1v) is 24.5. The van der Waals surface area contributed by atoms with Crippen LogP contribution in [0.25, 0.3) is 44.7 Å². The monoisotopic (exact) mass is 935 g/mol. The van der Waals surface area contributed by atoms with Crippen molar-refractivity contribution >= 4 is 28.8 Å². The number of aryl methyl sites for hydroxylation is 2. The van der Waals surface area contributed by atoms with E-state index in [1.807, 2.05) is 72.3 Å². The number of hydrogen-bond donors (Lipinski definition) is 5. The van der Waals surface area contributed by atoms with Gasteiger partial charge in [0.25, 0.3) is 5.91 Å². The molecular weight excluding hydrogens is 875 g/mol. The van der Waals surface area contributed by atoms with Crippen LogP contribution < -0.4 is 10.6 Å². The number of hydrogen-bond acceptors (Lipinski definition) is 11. The largest absolute Gasteiger partial charge is 0.446 e. The second-order valence-corrected chi connectivity index (χ2v) is 19.0. The highest BCUT2D eigenvalue weighted by molar-refractivity contribution is 5.88. The summed E-state index contributed by atoms with van der Waals surface area (Å²) < 4.78 is 16.1. The lowest BCUT2D eigenvalue weighted by atomic mass is 9.98. The van der Waals surface area contributed by atoms with Crippen molar-refractivity contribution in [1.82, 2.24) is 45.4 Å². The minimum Gasteiger partial charge on any atom is -0.446 e. The highest BCUT2D eigenvalue weighted by Gasteiger charge is 2.39. The van der Waals surface area contributed by atoms with E-state index in [1.165, 1.54) is 12.7 Å². The number of likely N-dealkylation sites (tertiary alicyclic amines) is 2. The van der Waals surface area contributed by atoms with Crippen LogP contribution in [0.5, 0.6) is 0 Å². The van der Waals surface area contributed by atoms with Crippen molar-refractivity contribution in [2.45, 2.75) is 108 Å². The number of alkyl carbamates (subject to hydrolysis) is 1. The normalized spacial score (nSPS) is 19.8. The highest BCUT2D eigenvalue weighted by atomic mass is 16.6. The van der Waals surface area contributed by atoms with Crippen LogP contribution in [0.1, 0.15) is 105 Å². The van der Waals surface area contributed by atoms with E-state index in [1.54, 1.807) is 0 Å². The molecule has 360 valence electrons. The number of carbonyl (C=O) groups is 3. The Hall–Kier alpha value is -6.46. The number of aromatic nitrogens is 5. The van der Waals surface area contributed by atoms with Crippen LogP contribution in [0.4, 0.5) is 4.79 Å². The summed E-state index contributed by atoms with van der Waals surface area (Å²) in [6.07, 6.45) is 6.96. The van der Waals surface area contributed by atoms with Crippen LogP contribution in [0.3, 0.4) is 0 Å². The van der Waals surface area contributed by atoms with Gasteiger partial charge in [-0.25, -0.2) is 19.7 Å². The number of carbonyl (C=O) groups excluding carboxylic acids is 3. The summed E-state index contributed by atoms with van der Waals surface area (Å²) in [6, 6.07) is 24.2. The quantitative estimate of drug-likeness (QED) is 0.0712. The second kappa shape index (κ2) is 20.2. The number of nitrogens with one attached hydrogen (secondary N) is 4. The van der Waals surface area contributed by atoms with Crippen LogP contribution in [-0.2, 0) is 36.6 Å². The van der Waals surface area contributed by atoms with E-state index in [0.717, 1.165) is 101 Å². The van der Waals surface area contributed by atoms with Gasteiger partial charge in [0.15, 0.2) is 0 Å². The molecule has 3 fully saturated rings. The van der Waals surface area contributed by atoms with Gasteiger partial charge < -0.3 is 44.4 Å². The Kier molecular flexibility index (Phi) is 13.6. The van der Waals surface area contributed by atoms with Crippen LogP contribution in [0.15, 0.2) is 85.1 Å². The first kappa shape index (κ1) is 46.3. The van der Waals surface area contributed by atoms with E-state index < -0.39 is 24.6 Å². The van der Waals surface area contributed by atoms with Crippen LogP contribution in [0, 0.1) is 5.92 Å². The molecule has 0 bridgehead atoms. The first-order chi connectivity index (χ1) is 33.6. The van der Waals surface area contributed by atoms with Crippen LogP contribution >= 0.6 is 0 Å². The molecule has 16 heteroatoms. The fourth-order valence-corrected chi connectivity index (χ4v) is 10.5. The molecular formula is C53H61N9O7. The number of rotatable bonds is 13. The molecule has 10 rings (SSSR count). The van der Waals surface area contributed by atoms with E-state index in [0.29, 0.717) is 50.5 Å². The van der Waals surface area contributed by atoms with Gasteiger partial charge in [0.05, 0.1) is 60.1 Å². The molecule has 1 unspecified atom stereocenters. The zero-order chi connectivity index (χ0) is 47.6. The van der Waals surface area contributed by atoms with Gasteiger partial charge in [-0.05, 0) is 86.3 Å². The Labute approximate surface area is 401 Å². The molecule has 6 aromatic rings. The number of nitrogens with zero attached hydrogens (tertiary/aromatic N) is 5. The molecule has 6 heterocycles. The van der Waals surface area contributed by atoms with Crippen LogP contribution in [0.2, 0.25) is 0 Å². The summed E-state index contributed by atoms with van der Waals surface area (Å²) in [5, 5.41) is 16.9. The standard InChI is InChI=1S/C53H61N9O7/c1-31(2)45(59-52(65)67-3)50(63)62-25-9-15-44(62)49-56-41-13-7-12-33-28-34(16-19-38(33)47(41)58-49)39-20-17-35-29-36(18-21-40(35)55-39)42-30-54-48(57-42)43-14-8-24-61(43)51(64)46(32-10-5-4-6-11-32)60-53(66)69-37-22-26-68-27-23-37/h4-6,10-11,16-21,28-31,37,43-46,52,59,65H,7-9,12-15,22-27H2,1-3H3,(H,54,57)(H,56,58)(H,60,66)/t43-,44-,45-,46+,52?/m0/s1. The smallest absolute Gasteiger partial charge is 0.408 e. The summed E-state index contributed by atoms with van der Waals surface area (Å²) in [6.45, 7) is 6.18. The number of H-pyrrole nitrogens is 2. The minimum atomic E-state index is -1.23. The highest BCUT2D eigenvalue weighted by Crippen LogP contribution is 2.39. The van der Waals surface area contributed by atoms with Crippen molar-refractivity contribution < 1.29 is 33.7 Å². The number of benzene rings is 3. The molecule has 1 aliphatic carbocycles. The van der Waals surface area contributed by atoms with Crippen molar-refractivity contribution in [2.75, 3.05) is 33.4 Å². The SMILES string of the molecule is COC(O)N[C@H](C(=O)N1CCC[C@H]1c1nc2c([nH]1)CCCc1cc(-c3ccc4cc(-c5cnc([C@@H]6CCCN6C(=O)[C@H](NC(=O)OC6CCOCC6)c6ccccc6)[nH]5)ccc4n3)ccc1-2)C(C)C. The molecule has 0 spiro atoms.